The zero-order chi connectivity index (χ0) is 24.2. The maximum atomic E-state index is 2.55. The molecule has 0 N–H and O–H groups in total. The predicted octanol–water partition coefficient (Wildman–Crippen LogP) is 9.68. The van der Waals surface area contributed by atoms with Crippen LogP contribution in [0.4, 0.5) is 0 Å². The molecule has 0 heterocycles. The van der Waals surface area contributed by atoms with Gasteiger partial charge in [0.15, 0.2) is 0 Å². The highest BCUT2D eigenvalue weighted by atomic mass is 14.4. The molecule has 0 aliphatic heterocycles. The lowest BCUT2D eigenvalue weighted by Crippen LogP contribution is -2.24. The summed E-state index contributed by atoms with van der Waals surface area (Å²) in [6.07, 6.45) is 9.64. The van der Waals surface area contributed by atoms with Crippen LogP contribution in [0.15, 0.2) is 58.7 Å². The highest BCUT2D eigenvalue weighted by Crippen LogP contribution is 2.53. The Morgan fingerprint density at radius 2 is 0.971 bits per heavy atom. The SMILES string of the molecule is CC(C)C1=CC2=C(C1)c1cc3cc4c(cc3cc1C(C)(C)C2)C1=C(C=C(C(C)C)C1)CC4(C)C. The monoisotopic (exact) mass is 448 g/mol. The summed E-state index contributed by atoms with van der Waals surface area (Å²) in [6.45, 7) is 19.2. The Labute approximate surface area is 206 Å². The van der Waals surface area contributed by atoms with Crippen molar-refractivity contribution in [3.8, 4) is 0 Å². The van der Waals surface area contributed by atoms with E-state index in [0.717, 1.165) is 25.7 Å². The lowest BCUT2D eigenvalue weighted by Gasteiger charge is -2.36. The number of benzene rings is 2. The first-order chi connectivity index (χ1) is 15.9. The molecule has 2 aromatic rings. The summed E-state index contributed by atoms with van der Waals surface area (Å²) in [6, 6.07) is 10.2. The minimum absolute atomic E-state index is 0.171. The average molecular weight is 449 g/mol. The molecule has 0 atom stereocenters. The molecular formula is C34H40. The first-order valence-electron chi connectivity index (χ1n) is 13.4. The quantitative estimate of drug-likeness (QED) is 0.429. The van der Waals surface area contributed by atoms with E-state index in [1.807, 2.05) is 0 Å². The van der Waals surface area contributed by atoms with E-state index in [1.54, 1.807) is 44.6 Å². The van der Waals surface area contributed by atoms with Gasteiger partial charge in [0.05, 0.1) is 0 Å². The van der Waals surface area contributed by atoms with Gasteiger partial charge in [0.1, 0.15) is 0 Å². The van der Waals surface area contributed by atoms with Crippen molar-refractivity contribution >= 4 is 21.9 Å². The molecular weight excluding hydrogens is 408 g/mol. The van der Waals surface area contributed by atoms with Crippen molar-refractivity contribution in [2.45, 2.75) is 91.9 Å². The summed E-state index contributed by atoms with van der Waals surface area (Å²) in [5.41, 5.74) is 16.1. The maximum Gasteiger partial charge on any atom is -0.00525 e. The topological polar surface area (TPSA) is 0 Å². The van der Waals surface area contributed by atoms with E-state index < -0.39 is 0 Å². The molecule has 0 nitrogen and oxygen atoms in total. The van der Waals surface area contributed by atoms with Crippen molar-refractivity contribution < 1.29 is 0 Å². The van der Waals surface area contributed by atoms with Gasteiger partial charge in [-0.2, -0.15) is 0 Å². The van der Waals surface area contributed by atoms with Gasteiger partial charge in [-0.3, -0.25) is 0 Å². The molecule has 2 aromatic carbocycles. The van der Waals surface area contributed by atoms with Gasteiger partial charge in [-0.25, -0.2) is 0 Å². The molecule has 0 spiro atoms. The Bertz CT molecular complexity index is 1270. The molecule has 34 heavy (non-hydrogen) atoms. The van der Waals surface area contributed by atoms with Gasteiger partial charge < -0.3 is 0 Å². The lowest BCUT2D eigenvalue weighted by molar-refractivity contribution is 0.516. The second-order valence-corrected chi connectivity index (χ2v) is 13.4. The summed E-state index contributed by atoms with van der Waals surface area (Å²) in [4.78, 5) is 0. The Balaban J connectivity index is 1.53. The van der Waals surface area contributed by atoms with Gasteiger partial charge in [-0.1, -0.05) is 78.7 Å². The van der Waals surface area contributed by atoms with Crippen molar-refractivity contribution in [3.05, 3.63) is 81.0 Å². The van der Waals surface area contributed by atoms with E-state index in [2.05, 4.69) is 91.8 Å². The van der Waals surface area contributed by atoms with Crippen LogP contribution in [-0.2, 0) is 10.8 Å². The molecule has 0 saturated carbocycles. The number of fused-ring (bicyclic) bond motifs is 5. The van der Waals surface area contributed by atoms with Gasteiger partial charge >= 0.3 is 0 Å². The lowest BCUT2D eigenvalue weighted by atomic mass is 9.68. The third kappa shape index (κ3) is 3.17. The van der Waals surface area contributed by atoms with Crippen LogP contribution in [0, 0.1) is 11.8 Å². The number of allylic oxidation sites excluding steroid dienone is 8. The molecule has 0 amide bonds. The Kier molecular flexibility index (Phi) is 4.62. The van der Waals surface area contributed by atoms with Crippen molar-refractivity contribution in [2.24, 2.45) is 11.8 Å². The zero-order valence-corrected chi connectivity index (χ0v) is 22.4. The predicted molar refractivity (Wildman–Crippen MR) is 148 cm³/mol. The molecule has 0 heteroatoms. The van der Waals surface area contributed by atoms with E-state index in [0.29, 0.717) is 11.8 Å². The Morgan fingerprint density at radius 3 is 1.32 bits per heavy atom. The molecule has 0 aromatic heterocycles. The fourth-order valence-corrected chi connectivity index (χ4v) is 7.06. The first-order valence-corrected chi connectivity index (χ1v) is 13.4. The number of hydrogen-bond acceptors (Lipinski definition) is 0. The van der Waals surface area contributed by atoms with Crippen LogP contribution >= 0.6 is 0 Å². The second-order valence-electron chi connectivity index (χ2n) is 13.4. The van der Waals surface area contributed by atoms with Crippen LogP contribution in [0.1, 0.15) is 103 Å². The highest BCUT2D eigenvalue weighted by molar-refractivity contribution is 5.95. The Hall–Kier alpha value is -2.34. The van der Waals surface area contributed by atoms with E-state index in [-0.39, 0.29) is 10.8 Å². The molecule has 4 aliphatic carbocycles. The summed E-state index contributed by atoms with van der Waals surface area (Å²) in [5, 5.41) is 2.85. The third-order valence-corrected chi connectivity index (χ3v) is 9.23. The molecule has 0 fully saturated rings. The largest absolute Gasteiger partial charge is 0.0630 e. The number of rotatable bonds is 2. The van der Waals surface area contributed by atoms with E-state index >= 15 is 0 Å². The normalized spacial score (nSPS) is 22.2. The van der Waals surface area contributed by atoms with Crippen LogP contribution in [0.2, 0.25) is 0 Å². The average Bonchev–Trinajstić information content (AvgIpc) is 3.35. The third-order valence-electron chi connectivity index (χ3n) is 9.23. The molecule has 4 aliphatic rings. The molecule has 0 saturated heterocycles. The van der Waals surface area contributed by atoms with E-state index in [1.165, 1.54) is 21.9 Å². The minimum atomic E-state index is 0.171. The molecule has 0 radical (unpaired) electrons. The summed E-state index contributed by atoms with van der Waals surface area (Å²) < 4.78 is 0. The smallest absolute Gasteiger partial charge is 0.00525 e. The number of hydrogen-bond donors (Lipinski definition) is 0. The van der Waals surface area contributed by atoms with Crippen molar-refractivity contribution in [1.29, 1.82) is 0 Å². The van der Waals surface area contributed by atoms with Crippen molar-refractivity contribution in [3.63, 3.8) is 0 Å². The first kappa shape index (κ1) is 22.1. The maximum absolute atomic E-state index is 2.55. The second kappa shape index (κ2) is 7.09. The summed E-state index contributed by atoms with van der Waals surface area (Å²) in [5.74, 6) is 1.26. The van der Waals surface area contributed by atoms with Gasteiger partial charge in [0.25, 0.3) is 0 Å². The van der Waals surface area contributed by atoms with Crippen LogP contribution < -0.4 is 0 Å². The van der Waals surface area contributed by atoms with Crippen molar-refractivity contribution in [1.82, 2.24) is 0 Å². The van der Waals surface area contributed by atoms with Gasteiger partial charge in [0, 0.05) is 0 Å². The van der Waals surface area contributed by atoms with Gasteiger partial charge in [0.2, 0.25) is 0 Å². The van der Waals surface area contributed by atoms with Crippen LogP contribution in [-0.4, -0.2) is 0 Å². The van der Waals surface area contributed by atoms with E-state index in [9.17, 15) is 0 Å². The zero-order valence-electron chi connectivity index (χ0n) is 22.4. The summed E-state index contributed by atoms with van der Waals surface area (Å²) >= 11 is 0. The fraction of sp³-hybridized carbons (Fsp3) is 0.471. The van der Waals surface area contributed by atoms with Crippen LogP contribution in [0.3, 0.4) is 0 Å². The Morgan fingerprint density at radius 1 is 0.588 bits per heavy atom. The van der Waals surface area contributed by atoms with Gasteiger partial charge in [-0.15, -0.1) is 0 Å². The molecule has 0 unspecified atom stereocenters. The minimum Gasteiger partial charge on any atom is -0.0630 e. The standard InChI is InChI=1S/C34H40/c1-19(2)21-9-25-17-33(5,6)31-15-24-14-30-28-12-22(20(3)4)10-26(28)18-34(7,8)32(30)16-23(24)13-29(31)27(25)11-21/h9-10,13-16,19-20H,11-12,17-18H2,1-8H3. The van der Waals surface area contributed by atoms with Crippen molar-refractivity contribution in [2.75, 3.05) is 0 Å². The molecule has 0 bridgehead atoms. The molecule has 176 valence electrons. The van der Waals surface area contributed by atoms with Crippen LogP contribution in [0.25, 0.3) is 21.9 Å². The highest BCUT2D eigenvalue weighted by Gasteiger charge is 2.37. The summed E-state index contributed by atoms with van der Waals surface area (Å²) in [7, 11) is 0. The van der Waals surface area contributed by atoms with Gasteiger partial charge in [-0.05, 0) is 128 Å². The van der Waals surface area contributed by atoms with E-state index in [4.69, 9.17) is 0 Å². The molecule has 6 rings (SSSR count). The van der Waals surface area contributed by atoms with Crippen LogP contribution in [0.5, 0.6) is 0 Å². The fourth-order valence-electron chi connectivity index (χ4n) is 7.06.